The van der Waals surface area contributed by atoms with E-state index in [2.05, 4.69) is 25.0 Å². The summed E-state index contributed by atoms with van der Waals surface area (Å²) < 4.78 is 24.6. The summed E-state index contributed by atoms with van der Waals surface area (Å²) in [6, 6.07) is 0. The highest BCUT2D eigenvalue weighted by molar-refractivity contribution is 7.89. The zero-order chi connectivity index (χ0) is 14.5. The number of imidazole rings is 1. The molecule has 3 heterocycles. The molecule has 0 aliphatic carbocycles. The average molecular weight is 293 g/mol. The van der Waals surface area contributed by atoms with Crippen molar-refractivity contribution in [2.45, 2.75) is 18.7 Å². The van der Waals surface area contributed by atoms with E-state index in [4.69, 9.17) is 5.14 Å². The minimum absolute atomic E-state index is 0.00350. The molecule has 104 valence electrons. The van der Waals surface area contributed by atoms with E-state index in [1.165, 1.54) is 17.3 Å². The summed E-state index contributed by atoms with van der Waals surface area (Å²) in [5.74, 6) is 0.419. The van der Waals surface area contributed by atoms with Crippen molar-refractivity contribution in [1.82, 2.24) is 29.7 Å². The molecule has 0 aliphatic heterocycles. The van der Waals surface area contributed by atoms with Crippen molar-refractivity contribution >= 4 is 21.2 Å². The van der Waals surface area contributed by atoms with Gasteiger partial charge in [0.2, 0.25) is 10.0 Å². The molecule has 20 heavy (non-hydrogen) atoms. The second kappa shape index (κ2) is 4.08. The summed E-state index contributed by atoms with van der Waals surface area (Å²) in [5.41, 5.74) is 1.75. The number of H-pyrrole nitrogens is 1. The van der Waals surface area contributed by atoms with E-state index in [0.29, 0.717) is 28.4 Å². The van der Waals surface area contributed by atoms with Crippen molar-refractivity contribution in [2.75, 3.05) is 0 Å². The van der Waals surface area contributed by atoms with E-state index < -0.39 is 10.0 Å². The van der Waals surface area contributed by atoms with Crippen molar-refractivity contribution in [3.8, 4) is 5.82 Å². The predicted octanol–water partition coefficient (Wildman–Crippen LogP) is -0.197. The molecule has 0 bridgehead atoms. The topological polar surface area (TPSA) is 132 Å². The van der Waals surface area contributed by atoms with Crippen LogP contribution in [0.15, 0.2) is 17.6 Å². The molecular weight excluding hydrogens is 282 g/mol. The fourth-order valence-electron chi connectivity index (χ4n) is 2.16. The molecular formula is C10H11N7O2S. The van der Waals surface area contributed by atoms with Crippen molar-refractivity contribution in [2.24, 2.45) is 5.14 Å². The van der Waals surface area contributed by atoms with Gasteiger partial charge in [-0.1, -0.05) is 0 Å². The normalized spacial score (nSPS) is 12.2. The maximum Gasteiger partial charge on any atom is 0.241 e. The van der Waals surface area contributed by atoms with Gasteiger partial charge in [0, 0.05) is 0 Å². The van der Waals surface area contributed by atoms with E-state index >= 15 is 0 Å². The molecule has 0 saturated carbocycles. The largest absolute Gasteiger partial charge is 0.340 e. The lowest BCUT2D eigenvalue weighted by atomic mass is 10.4. The fraction of sp³-hybridized carbons (Fsp3) is 0.200. The molecule has 0 radical (unpaired) electrons. The lowest BCUT2D eigenvalue weighted by Gasteiger charge is -2.04. The minimum atomic E-state index is -3.84. The van der Waals surface area contributed by atoms with Gasteiger partial charge in [0.15, 0.2) is 11.5 Å². The number of nitrogens with zero attached hydrogens (tertiary/aromatic N) is 5. The maximum absolute atomic E-state index is 11.6. The highest BCUT2D eigenvalue weighted by Gasteiger charge is 2.23. The summed E-state index contributed by atoms with van der Waals surface area (Å²) in [6.45, 7) is 3.19. The van der Waals surface area contributed by atoms with E-state index in [0.717, 1.165) is 0 Å². The van der Waals surface area contributed by atoms with Gasteiger partial charge in [-0.25, -0.2) is 33.2 Å². The Hall–Kier alpha value is -2.33. The second-order valence-electron chi connectivity index (χ2n) is 4.26. The van der Waals surface area contributed by atoms with Crippen molar-refractivity contribution in [3.63, 3.8) is 0 Å². The average Bonchev–Trinajstić information content (AvgIpc) is 2.92. The van der Waals surface area contributed by atoms with Gasteiger partial charge in [-0.05, 0) is 13.8 Å². The molecule has 0 amide bonds. The number of sulfonamides is 1. The van der Waals surface area contributed by atoms with Gasteiger partial charge in [-0.3, -0.25) is 0 Å². The Morgan fingerprint density at radius 1 is 1.25 bits per heavy atom. The molecule has 0 saturated heterocycles. The van der Waals surface area contributed by atoms with Gasteiger partial charge in [0.1, 0.15) is 16.7 Å². The third-order valence-electron chi connectivity index (χ3n) is 2.91. The molecule has 0 aliphatic rings. The number of nitrogens with two attached hydrogens (primary N) is 1. The summed E-state index contributed by atoms with van der Waals surface area (Å²) in [6.07, 6.45) is 2.82. The molecule has 3 rings (SSSR count). The van der Waals surface area contributed by atoms with Gasteiger partial charge in [0.05, 0.1) is 17.7 Å². The monoisotopic (exact) mass is 293 g/mol. The van der Waals surface area contributed by atoms with Gasteiger partial charge in [0.25, 0.3) is 0 Å². The van der Waals surface area contributed by atoms with Crippen LogP contribution < -0.4 is 5.14 Å². The van der Waals surface area contributed by atoms with E-state index in [1.54, 1.807) is 13.8 Å². The summed E-state index contributed by atoms with van der Waals surface area (Å²) in [7, 11) is -3.84. The van der Waals surface area contributed by atoms with Crippen LogP contribution in [0, 0.1) is 13.8 Å². The van der Waals surface area contributed by atoms with Crippen molar-refractivity contribution in [3.05, 3.63) is 24.0 Å². The third kappa shape index (κ3) is 1.77. The number of rotatable bonds is 2. The van der Waals surface area contributed by atoms with E-state index in [9.17, 15) is 8.42 Å². The number of fused-ring (bicyclic) bond motifs is 1. The van der Waals surface area contributed by atoms with E-state index in [-0.39, 0.29) is 4.90 Å². The van der Waals surface area contributed by atoms with Crippen LogP contribution in [0.3, 0.4) is 0 Å². The Morgan fingerprint density at radius 2 is 2.00 bits per heavy atom. The van der Waals surface area contributed by atoms with Crippen LogP contribution in [-0.4, -0.2) is 38.1 Å². The Bertz CT molecular complexity index is 909. The van der Waals surface area contributed by atoms with Crippen molar-refractivity contribution < 1.29 is 8.42 Å². The number of primary sulfonamides is 1. The van der Waals surface area contributed by atoms with Gasteiger partial charge < -0.3 is 4.98 Å². The summed E-state index contributed by atoms with van der Waals surface area (Å²) in [4.78, 5) is 15.1. The number of aryl methyl sites for hydroxylation is 1. The number of nitrogens with one attached hydrogen (secondary N) is 1. The molecule has 0 atom stereocenters. The first kappa shape index (κ1) is 12.7. The standard InChI is InChI=1S/C10H11N7O2S/c1-5-8(20(11,18)19)6(2)17(16-5)10-7-9(13-3-12-7)14-4-15-10/h3-4H,1-2H3,(H2,11,18,19)(H,12,13,14,15). The van der Waals surface area contributed by atoms with E-state index in [1.807, 2.05) is 0 Å². The molecule has 0 aromatic carbocycles. The Balaban J connectivity index is 2.34. The molecule has 10 heteroatoms. The number of hydrogen-bond donors (Lipinski definition) is 2. The smallest absolute Gasteiger partial charge is 0.241 e. The maximum atomic E-state index is 11.6. The quantitative estimate of drug-likeness (QED) is 0.672. The first-order chi connectivity index (χ1) is 9.39. The lowest BCUT2D eigenvalue weighted by Crippen LogP contribution is -2.14. The zero-order valence-electron chi connectivity index (χ0n) is 10.7. The molecule has 3 aromatic rings. The van der Waals surface area contributed by atoms with Crippen LogP contribution in [0.1, 0.15) is 11.4 Å². The molecule has 9 nitrogen and oxygen atoms in total. The predicted molar refractivity (Wildman–Crippen MR) is 69.7 cm³/mol. The Morgan fingerprint density at radius 3 is 2.65 bits per heavy atom. The molecule has 3 aromatic heterocycles. The summed E-state index contributed by atoms with van der Waals surface area (Å²) >= 11 is 0. The van der Waals surface area contributed by atoms with Gasteiger partial charge >= 0.3 is 0 Å². The lowest BCUT2D eigenvalue weighted by molar-refractivity contribution is 0.596. The highest BCUT2D eigenvalue weighted by Crippen LogP contribution is 2.22. The Labute approximate surface area is 113 Å². The first-order valence-electron chi connectivity index (χ1n) is 5.63. The van der Waals surface area contributed by atoms with Crippen LogP contribution in [-0.2, 0) is 10.0 Å². The van der Waals surface area contributed by atoms with Crippen LogP contribution in [0.2, 0.25) is 0 Å². The number of hydrogen-bond acceptors (Lipinski definition) is 6. The highest BCUT2D eigenvalue weighted by atomic mass is 32.2. The Kier molecular flexibility index (Phi) is 2.59. The molecule has 0 unspecified atom stereocenters. The van der Waals surface area contributed by atoms with Gasteiger partial charge in [-0.15, -0.1) is 0 Å². The molecule has 3 N–H and O–H groups in total. The minimum Gasteiger partial charge on any atom is -0.340 e. The zero-order valence-corrected chi connectivity index (χ0v) is 11.5. The number of aromatic nitrogens is 6. The molecule has 0 fully saturated rings. The molecule has 0 spiro atoms. The fourth-order valence-corrected chi connectivity index (χ4v) is 3.11. The third-order valence-corrected chi connectivity index (χ3v) is 4.07. The second-order valence-corrected chi connectivity index (χ2v) is 5.75. The van der Waals surface area contributed by atoms with Crippen LogP contribution in [0.4, 0.5) is 0 Å². The SMILES string of the molecule is Cc1nn(-c2ncnc3nc[nH]c23)c(C)c1S(N)(=O)=O. The van der Waals surface area contributed by atoms with Gasteiger partial charge in [-0.2, -0.15) is 5.10 Å². The van der Waals surface area contributed by atoms with Crippen molar-refractivity contribution in [1.29, 1.82) is 0 Å². The number of aromatic amines is 1. The van der Waals surface area contributed by atoms with Crippen LogP contribution in [0.25, 0.3) is 17.0 Å². The first-order valence-corrected chi connectivity index (χ1v) is 7.17. The van der Waals surface area contributed by atoms with Crippen LogP contribution >= 0.6 is 0 Å². The van der Waals surface area contributed by atoms with Crippen LogP contribution in [0.5, 0.6) is 0 Å². The summed E-state index contributed by atoms with van der Waals surface area (Å²) in [5, 5.41) is 9.40.